The second-order valence-electron chi connectivity index (χ2n) is 5.99. The molecule has 0 radical (unpaired) electrons. The molecule has 0 spiro atoms. The van der Waals surface area contributed by atoms with Gasteiger partial charge in [-0.25, -0.2) is 22.9 Å². The van der Waals surface area contributed by atoms with Crippen molar-refractivity contribution in [3.8, 4) is 0 Å². The number of aromatic nitrogens is 2. The van der Waals surface area contributed by atoms with Crippen LogP contribution < -0.4 is 11.4 Å². The molecule has 0 amide bonds. The van der Waals surface area contributed by atoms with Gasteiger partial charge in [0.05, 0.1) is 19.3 Å². The van der Waals surface area contributed by atoms with Gasteiger partial charge < -0.3 is 40.3 Å². The van der Waals surface area contributed by atoms with E-state index in [4.69, 9.17) is 25.2 Å². The lowest BCUT2D eigenvalue weighted by molar-refractivity contribution is -0.0883. The van der Waals surface area contributed by atoms with Gasteiger partial charge in [-0.05, 0) is 6.07 Å². The number of anilines is 1. The lowest BCUT2D eigenvalue weighted by atomic mass is 9.99. The predicted molar refractivity (Wildman–Crippen MR) is 100 cm³/mol. The largest absolute Gasteiger partial charge is 0.490 e. The van der Waals surface area contributed by atoms with E-state index in [0.717, 1.165) is 19.4 Å². The molecule has 1 aromatic heterocycles. The van der Waals surface area contributed by atoms with Gasteiger partial charge in [-0.3, -0.25) is 9.09 Å². The number of ether oxygens (including phenoxy) is 1. The number of halogens is 1. The molecule has 2 unspecified atom stereocenters. The minimum Gasteiger partial charge on any atom is -0.389 e. The Morgan fingerprint density at radius 3 is 2.22 bits per heavy atom. The molecule has 0 aliphatic heterocycles. The summed E-state index contributed by atoms with van der Waals surface area (Å²) in [6.45, 7) is -1.65. The Kier molecular flexibility index (Phi) is 10.3. The summed E-state index contributed by atoms with van der Waals surface area (Å²) in [5.41, 5.74) is 4.13. The maximum Gasteiger partial charge on any atom is 0.490 e. The number of nitrogens with zero attached hydrogens (tertiary/aromatic N) is 2. The maximum absolute atomic E-state index is 14.6. The van der Waals surface area contributed by atoms with Crippen LogP contribution in [0.1, 0.15) is 6.23 Å². The highest BCUT2D eigenvalue weighted by atomic mass is 31.3. The predicted octanol–water partition coefficient (Wildman–Crippen LogP) is -1.38. The molecular formula is C11H21FN3O14P3. The molecule has 0 bridgehead atoms. The van der Waals surface area contributed by atoms with Crippen LogP contribution in [0.2, 0.25) is 0 Å². The average molecular weight is 531 g/mol. The lowest BCUT2D eigenvalue weighted by Crippen LogP contribution is -2.43. The van der Waals surface area contributed by atoms with Crippen LogP contribution in [0.3, 0.4) is 0 Å². The van der Waals surface area contributed by atoms with Crippen molar-refractivity contribution in [3.05, 3.63) is 22.7 Å². The molecule has 0 aliphatic rings. The zero-order valence-corrected chi connectivity index (χ0v) is 18.7. The second-order valence-corrected chi connectivity index (χ2v) is 10.4. The van der Waals surface area contributed by atoms with Crippen LogP contribution in [0.5, 0.6) is 0 Å². The van der Waals surface area contributed by atoms with Crippen molar-refractivity contribution in [1.29, 1.82) is 0 Å². The van der Waals surface area contributed by atoms with Crippen LogP contribution in [0.25, 0.3) is 0 Å². The Morgan fingerprint density at radius 2 is 1.72 bits per heavy atom. The van der Waals surface area contributed by atoms with Crippen molar-refractivity contribution < 1.29 is 65.8 Å². The summed E-state index contributed by atoms with van der Waals surface area (Å²) in [6.07, 6.45) is -6.20. The summed E-state index contributed by atoms with van der Waals surface area (Å²) in [5, 5.41) is 20.2. The number of nitrogens with two attached hydrogens (primary N) is 1. The van der Waals surface area contributed by atoms with E-state index < -0.39 is 66.8 Å². The number of aliphatic hydroxyl groups excluding tert-OH is 2. The Labute approximate surface area is 178 Å². The van der Waals surface area contributed by atoms with E-state index in [1.54, 1.807) is 0 Å². The molecule has 0 saturated carbocycles. The van der Waals surface area contributed by atoms with Gasteiger partial charge >= 0.3 is 29.2 Å². The van der Waals surface area contributed by atoms with E-state index in [2.05, 4.69) is 18.1 Å². The van der Waals surface area contributed by atoms with E-state index in [9.17, 15) is 38.0 Å². The Bertz CT molecular complexity index is 971. The molecule has 186 valence electrons. The monoisotopic (exact) mass is 531 g/mol. The fourth-order valence-corrected chi connectivity index (χ4v) is 5.24. The highest BCUT2D eigenvalue weighted by Gasteiger charge is 2.42. The minimum absolute atomic E-state index is 0.220. The third kappa shape index (κ3) is 9.41. The summed E-state index contributed by atoms with van der Waals surface area (Å²) in [6, 6.07) is 1.06. The third-order valence-corrected chi connectivity index (χ3v) is 7.28. The molecule has 0 aromatic carbocycles. The topological polar surface area (TPSA) is 270 Å². The number of methoxy groups -OCH3 is 1. The van der Waals surface area contributed by atoms with Crippen LogP contribution in [0.15, 0.2) is 17.1 Å². The summed E-state index contributed by atoms with van der Waals surface area (Å²) in [4.78, 5) is 50.4. The average Bonchev–Trinajstić information content (AvgIpc) is 2.60. The Balaban J connectivity index is 2.91. The van der Waals surface area contributed by atoms with Crippen LogP contribution in [0.4, 0.5) is 10.2 Å². The molecule has 1 heterocycles. The second kappa shape index (κ2) is 11.4. The van der Waals surface area contributed by atoms with Crippen molar-refractivity contribution >= 4 is 29.3 Å². The molecule has 21 heteroatoms. The van der Waals surface area contributed by atoms with Crippen molar-refractivity contribution in [2.75, 3.05) is 26.1 Å². The van der Waals surface area contributed by atoms with E-state index in [1.807, 2.05) is 0 Å². The van der Waals surface area contributed by atoms with E-state index in [1.165, 1.54) is 0 Å². The molecule has 6 atom stereocenters. The number of rotatable bonds is 13. The van der Waals surface area contributed by atoms with Gasteiger partial charge in [0.25, 0.3) is 0 Å². The molecule has 1 aromatic rings. The Morgan fingerprint density at radius 1 is 1.12 bits per heavy atom. The summed E-state index contributed by atoms with van der Waals surface area (Å²) >= 11 is 0. The minimum atomic E-state index is -5.78. The maximum atomic E-state index is 14.6. The molecule has 0 fully saturated rings. The first-order chi connectivity index (χ1) is 14.5. The first-order valence-corrected chi connectivity index (χ1v) is 12.6. The number of aliphatic hydroxyl groups is 2. The Hall–Kier alpha value is -1.10. The normalized spacial score (nSPS) is 20.0. The number of phosphoric ester groups is 1. The number of nitrogen functional groups attached to an aromatic ring is 1. The lowest BCUT2D eigenvalue weighted by Gasteiger charge is -2.28. The van der Waals surface area contributed by atoms with Crippen LogP contribution in [-0.4, -0.2) is 71.9 Å². The molecule has 1 rings (SSSR count). The third-order valence-electron chi connectivity index (χ3n) is 3.48. The van der Waals surface area contributed by atoms with Crippen LogP contribution in [0, 0.1) is 5.92 Å². The van der Waals surface area contributed by atoms with Crippen molar-refractivity contribution in [1.82, 2.24) is 9.55 Å². The quantitative estimate of drug-likeness (QED) is 0.145. The van der Waals surface area contributed by atoms with Gasteiger partial charge in [-0.15, -0.1) is 0 Å². The number of hydrogen-bond acceptors (Lipinski definition) is 12. The van der Waals surface area contributed by atoms with Gasteiger partial charge in [0.1, 0.15) is 5.82 Å². The molecule has 0 aliphatic carbocycles. The van der Waals surface area contributed by atoms with E-state index in [-0.39, 0.29) is 5.82 Å². The summed E-state index contributed by atoms with van der Waals surface area (Å²) in [5.74, 6) is -1.75. The van der Waals surface area contributed by atoms with Crippen LogP contribution in [-0.2, 0) is 31.6 Å². The molecule has 17 nitrogen and oxygen atoms in total. The summed E-state index contributed by atoms with van der Waals surface area (Å²) < 4.78 is 64.7. The standard InChI is InChI=1S/C11H21FN3O14P3/c1-26-4-6(5-27-31(22,23)29-32(24,25)28-30(19,20)21)9(16)8(12)10(17)15-3-2-7(13)14-11(15)18/h2-3,6,8-10,16-17H,4-5H2,1H3,(H,22,23)(H,24,25)(H2,13,14,18)(H2,19,20,21)/t6-,8+,9+,10+/m0/s1. The highest BCUT2D eigenvalue weighted by molar-refractivity contribution is 7.66. The van der Waals surface area contributed by atoms with Gasteiger partial charge in [0, 0.05) is 19.2 Å². The first kappa shape index (κ1) is 28.9. The number of phosphoric acid groups is 3. The summed E-state index contributed by atoms with van der Waals surface area (Å²) in [7, 11) is -15.9. The first-order valence-electron chi connectivity index (χ1n) is 8.10. The molecular weight excluding hydrogens is 510 g/mol. The number of hydrogen-bond donors (Lipinski definition) is 7. The van der Waals surface area contributed by atoms with Gasteiger partial charge in [0.15, 0.2) is 12.4 Å². The fourth-order valence-electron chi connectivity index (χ4n) is 2.17. The zero-order chi connectivity index (χ0) is 24.9. The zero-order valence-electron chi connectivity index (χ0n) is 16.0. The van der Waals surface area contributed by atoms with Crippen molar-refractivity contribution in [2.24, 2.45) is 5.92 Å². The van der Waals surface area contributed by atoms with Gasteiger partial charge in [-0.2, -0.15) is 13.6 Å². The van der Waals surface area contributed by atoms with Gasteiger partial charge in [-0.1, -0.05) is 0 Å². The highest BCUT2D eigenvalue weighted by Crippen LogP contribution is 2.66. The van der Waals surface area contributed by atoms with E-state index in [0.29, 0.717) is 4.57 Å². The van der Waals surface area contributed by atoms with Crippen molar-refractivity contribution in [3.63, 3.8) is 0 Å². The van der Waals surface area contributed by atoms with E-state index >= 15 is 0 Å². The van der Waals surface area contributed by atoms with Crippen molar-refractivity contribution in [2.45, 2.75) is 18.5 Å². The molecule has 8 N–H and O–H groups in total. The molecule has 32 heavy (non-hydrogen) atoms. The molecule has 0 saturated heterocycles. The SMILES string of the molecule is COC[C@@H](COP(=O)(O)OP(=O)(O)OP(=O)(O)O)[C@@H](O)[C@@H](F)[C@@H](O)n1ccc(N)nc1=O. The fraction of sp³-hybridized carbons (Fsp3) is 0.636. The smallest absolute Gasteiger partial charge is 0.389 e. The number of alkyl halides is 1. The van der Waals surface area contributed by atoms with Gasteiger partial charge in [0.2, 0.25) is 0 Å². The van der Waals surface area contributed by atoms with Crippen LogP contribution >= 0.6 is 23.5 Å².